The summed E-state index contributed by atoms with van der Waals surface area (Å²) in [7, 11) is 0. The number of nitrogens with zero attached hydrogens (tertiary/aromatic N) is 4. The molecule has 0 spiro atoms. The van der Waals surface area contributed by atoms with Crippen molar-refractivity contribution >= 4 is 22.8 Å². The molecule has 0 unspecified atom stereocenters. The first-order valence-electron chi connectivity index (χ1n) is 5.24. The van der Waals surface area contributed by atoms with Crippen LogP contribution in [0.1, 0.15) is 26.0 Å². The van der Waals surface area contributed by atoms with Gasteiger partial charge in [0.05, 0.1) is 12.4 Å². The van der Waals surface area contributed by atoms with E-state index in [0.29, 0.717) is 16.8 Å². The Morgan fingerprint density at radius 3 is 3.00 bits per heavy atom. The summed E-state index contributed by atoms with van der Waals surface area (Å²) in [6, 6.07) is 0. The molecule has 5 nitrogen and oxygen atoms in total. The lowest BCUT2D eigenvalue weighted by Gasteiger charge is -2.12. The first-order chi connectivity index (χ1) is 7.75. The number of imidazole rings is 1. The van der Waals surface area contributed by atoms with Gasteiger partial charge in [-0.05, 0) is 19.8 Å². The minimum absolute atomic E-state index is 0.0194. The van der Waals surface area contributed by atoms with Crippen molar-refractivity contribution in [3.05, 3.63) is 17.8 Å². The first-order valence-corrected chi connectivity index (χ1v) is 5.62. The van der Waals surface area contributed by atoms with E-state index in [1.54, 1.807) is 6.33 Å². The van der Waals surface area contributed by atoms with Crippen LogP contribution in [0.15, 0.2) is 12.7 Å². The molecular formula is C10H11ClN4O. The Morgan fingerprint density at radius 2 is 2.25 bits per heavy atom. The zero-order chi connectivity index (χ0) is 11.1. The molecule has 16 heavy (non-hydrogen) atoms. The number of fused-ring (bicyclic) bond motifs is 1. The molecule has 0 aromatic carbocycles. The number of hydrogen-bond donors (Lipinski definition) is 0. The van der Waals surface area contributed by atoms with Gasteiger partial charge in [-0.15, -0.1) is 0 Å². The predicted octanol–water partition coefficient (Wildman–Crippen LogP) is 2.18. The van der Waals surface area contributed by atoms with E-state index in [2.05, 4.69) is 21.9 Å². The Balaban J connectivity index is 2.08. The van der Waals surface area contributed by atoms with Crippen molar-refractivity contribution < 1.29 is 4.74 Å². The molecule has 0 amide bonds. The highest BCUT2D eigenvalue weighted by Gasteiger charge is 2.25. The third-order valence-electron chi connectivity index (χ3n) is 2.83. The molecule has 0 aliphatic carbocycles. The second-order valence-electron chi connectivity index (χ2n) is 3.97. The molecule has 3 heterocycles. The van der Waals surface area contributed by atoms with Crippen molar-refractivity contribution in [2.45, 2.75) is 32.1 Å². The van der Waals surface area contributed by atoms with Gasteiger partial charge >= 0.3 is 0 Å². The molecule has 2 aromatic heterocycles. The summed E-state index contributed by atoms with van der Waals surface area (Å²) in [5.74, 6) is 0. The van der Waals surface area contributed by atoms with Crippen molar-refractivity contribution in [3.63, 3.8) is 0 Å². The summed E-state index contributed by atoms with van der Waals surface area (Å²) in [6.07, 6.45) is 5.51. The molecule has 3 rings (SSSR count). The summed E-state index contributed by atoms with van der Waals surface area (Å²) in [5, 5.41) is 0.384. The Morgan fingerprint density at radius 1 is 1.38 bits per heavy atom. The van der Waals surface area contributed by atoms with Crippen molar-refractivity contribution in [2.24, 2.45) is 0 Å². The summed E-state index contributed by atoms with van der Waals surface area (Å²) >= 11 is 5.94. The lowest BCUT2D eigenvalue weighted by Crippen LogP contribution is -2.08. The maximum absolute atomic E-state index is 5.94. The number of ether oxygens (including phenoxy) is 1. The highest BCUT2D eigenvalue weighted by Crippen LogP contribution is 2.30. The van der Waals surface area contributed by atoms with Crippen LogP contribution in [0.2, 0.25) is 5.15 Å². The number of hydrogen-bond acceptors (Lipinski definition) is 4. The van der Waals surface area contributed by atoms with E-state index < -0.39 is 0 Å². The standard InChI is InChI=1S/C10H11ClN4O/c1-6-2-3-7(16-6)15-5-14-8-9(11)12-4-13-10(8)15/h4-7H,2-3H2,1H3/t6-,7+/m0/s1. The van der Waals surface area contributed by atoms with Crippen molar-refractivity contribution in [1.82, 2.24) is 19.5 Å². The largest absolute Gasteiger partial charge is 0.355 e. The van der Waals surface area contributed by atoms with Gasteiger partial charge in [0.25, 0.3) is 0 Å². The number of rotatable bonds is 1. The van der Waals surface area contributed by atoms with Gasteiger partial charge in [-0.25, -0.2) is 15.0 Å². The number of aromatic nitrogens is 4. The first kappa shape index (κ1) is 9.99. The van der Waals surface area contributed by atoms with Crippen LogP contribution in [0.4, 0.5) is 0 Å². The van der Waals surface area contributed by atoms with Crippen LogP contribution in [0.5, 0.6) is 0 Å². The van der Waals surface area contributed by atoms with Crippen LogP contribution >= 0.6 is 11.6 Å². The third-order valence-corrected chi connectivity index (χ3v) is 3.11. The van der Waals surface area contributed by atoms with E-state index in [4.69, 9.17) is 16.3 Å². The lowest BCUT2D eigenvalue weighted by molar-refractivity contribution is 0.0131. The maximum atomic E-state index is 5.94. The summed E-state index contributed by atoms with van der Waals surface area (Å²) in [6.45, 7) is 2.07. The van der Waals surface area contributed by atoms with Gasteiger partial charge in [-0.3, -0.25) is 4.57 Å². The van der Waals surface area contributed by atoms with Gasteiger partial charge in [0, 0.05) is 0 Å². The second-order valence-corrected chi connectivity index (χ2v) is 4.33. The fourth-order valence-electron chi connectivity index (χ4n) is 2.02. The fourth-order valence-corrected chi connectivity index (χ4v) is 2.20. The molecule has 0 saturated carbocycles. The smallest absolute Gasteiger partial charge is 0.166 e. The molecule has 1 aliphatic rings. The van der Waals surface area contributed by atoms with E-state index in [1.165, 1.54) is 6.33 Å². The normalized spacial score (nSPS) is 25.4. The predicted molar refractivity (Wildman–Crippen MR) is 59.2 cm³/mol. The molecule has 2 atom stereocenters. The Bertz CT molecular complexity index is 527. The molecule has 2 aromatic rings. The van der Waals surface area contributed by atoms with Crippen molar-refractivity contribution in [2.75, 3.05) is 0 Å². The highest BCUT2D eigenvalue weighted by atomic mass is 35.5. The molecule has 1 saturated heterocycles. The molecule has 1 aliphatic heterocycles. The summed E-state index contributed by atoms with van der Waals surface area (Å²) in [5.41, 5.74) is 1.37. The van der Waals surface area contributed by atoms with E-state index in [9.17, 15) is 0 Å². The molecule has 0 N–H and O–H groups in total. The minimum Gasteiger partial charge on any atom is -0.355 e. The van der Waals surface area contributed by atoms with E-state index >= 15 is 0 Å². The van der Waals surface area contributed by atoms with Crippen LogP contribution in [0, 0.1) is 0 Å². The topological polar surface area (TPSA) is 52.8 Å². The van der Waals surface area contributed by atoms with Crippen LogP contribution in [0.3, 0.4) is 0 Å². The lowest BCUT2D eigenvalue weighted by atomic mass is 10.2. The highest BCUT2D eigenvalue weighted by molar-refractivity contribution is 6.33. The van der Waals surface area contributed by atoms with Crippen LogP contribution in [-0.4, -0.2) is 25.6 Å². The fraction of sp³-hybridized carbons (Fsp3) is 0.500. The minimum atomic E-state index is 0.0194. The average Bonchev–Trinajstić information content (AvgIpc) is 2.84. The maximum Gasteiger partial charge on any atom is 0.166 e. The van der Waals surface area contributed by atoms with Gasteiger partial charge in [0.15, 0.2) is 10.8 Å². The van der Waals surface area contributed by atoms with E-state index in [1.807, 2.05) is 4.57 Å². The van der Waals surface area contributed by atoms with Gasteiger partial charge in [-0.2, -0.15) is 0 Å². The summed E-state index contributed by atoms with van der Waals surface area (Å²) < 4.78 is 7.70. The average molecular weight is 239 g/mol. The van der Waals surface area contributed by atoms with E-state index in [0.717, 1.165) is 18.5 Å². The molecule has 0 radical (unpaired) electrons. The zero-order valence-electron chi connectivity index (χ0n) is 8.80. The zero-order valence-corrected chi connectivity index (χ0v) is 9.55. The van der Waals surface area contributed by atoms with Gasteiger partial charge in [0.1, 0.15) is 18.1 Å². The van der Waals surface area contributed by atoms with Gasteiger partial charge < -0.3 is 4.74 Å². The van der Waals surface area contributed by atoms with Crippen molar-refractivity contribution in [3.8, 4) is 0 Å². The number of halogens is 1. The van der Waals surface area contributed by atoms with Gasteiger partial charge in [0.2, 0.25) is 0 Å². The van der Waals surface area contributed by atoms with Crippen LogP contribution < -0.4 is 0 Å². The molecule has 0 bridgehead atoms. The SMILES string of the molecule is C[C@H]1CC[C@H](n2cnc3c(Cl)ncnc32)O1. The third kappa shape index (κ3) is 1.47. The Labute approximate surface area is 97.4 Å². The van der Waals surface area contributed by atoms with Crippen molar-refractivity contribution in [1.29, 1.82) is 0 Å². The van der Waals surface area contributed by atoms with Crippen LogP contribution in [0.25, 0.3) is 11.2 Å². The second kappa shape index (κ2) is 3.68. The molecule has 6 heteroatoms. The molecular weight excluding hydrogens is 228 g/mol. The monoisotopic (exact) mass is 238 g/mol. The van der Waals surface area contributed by atoms with E-state index in [-0.39, 0.29) is 6.23 Å². The van der Waals surface area contributed by atoms with Gasteiger partial charge in [-0.1, -0.05) is 11.6 Å². The Kier molecular flexibility index (Phi) is 2.29. The Hall–Kier alpha value is -1.20. The molecule has 1 fully saturated rings. The quantitative estimate of drug-likeness (QED) is 0.715. The summed E-state index contributed by atoms with van der Waals surface area (Å²) in [4.78, 5) is 12.3. The van der Waals surface area contributed by atoms with Crippen LogP contribution in [-0.2, 0) is 4.74 Å². The molecule has 84 valence electrons.